The van der Waals surface area contributed by atoms with Gasteiger partial charge in [-0.25, -0.2) is 9.78 Å². The monoisotopic (exact) mass is 550 g/mol. The second-order valence-electron chi connectivity index (χ2n) is 9.70. The van der Waals surface area contributed by atoms with Gasteiger partial charge in [-0.3, -0.25) is 14.4 Å². The predicted molar refractivity (Wildman–Crippen MR) is 149 cm³/mol. The summed E-state index contributed by atoms with van der Waals surface area (Å²) < 4.78 is 6.14. The molecule has 0 saturated carbocycles. The van der Waals surface area contributed by atoms with Crippen LogP contribution in [-0.2, 0) is 20.9 Å². The van der Waals surface area contributed by atoms with Crippen LogP contribution in [0.15, 0.2) is 54.6 Å². The first kappa shape index (κ1) is 28.2. The average molecular weight is 551 g/mol. The Morgan fingerprint density at radius 3 is 2.62 bits per heavy atom. The smallest absolute Gasteiger partial charge is 0.407 e. The highest BCUT2D eigenvalue weighted by Gasteiger charge is 2.31. The zero-order valence-corrected chi connectivity index (χ0v) is 22.9. The molecule has 2 heterocycles. The van der Waals surface area contributed by atoms with E-state index in [0.717, 1.165) is 22.2 Å². The zero-order chi connectivity index (χ0) is 27.6. The molecule has 1 unspecified atom stereocenters. The number of benzene rings is 2. The van der Waals surface area contributed by atoms with Gasteiger partial charge in [-0.15, -0.1) is 11.3 Å². The number of likely N-dealkylation sites (tertiary alicyclic amines) is 1. The van der Waals surface area contributed by atoms with E-state index in [1.54, 1.807) is 4.90 Å². The third kappa shape index (κ3) is 8.10. The molecule has 39 heavy (non-hydrogen) atoms. The van der Waals surface area contributed by atoms with Gasteiger partial charge in [0, 0.05) is 26.6 Å². The zero-order valence-electron chi connectivity index (χ0n) is 22.1. The summed E-state index contributed by atoms with van der Waals surface area (Å²) in [6, 6.07) is 16.2. The van der Waals surface area contributed by atoms with E-state index in [9.17, 15) is 19.2 Å². The summed E-state index contributed by atoms with van der Waals surface area (Å²) in [7, 11) is 0. The van der Waals surface area contributed by atoms with Crippen LogP contribution in [0.5, 0.6) is 0 Å². The summed E-state index contributed by atoms with van der Waals surface area (Å²) in [6.07, 6.45) is 2.55. The van der Waals surface area contributed by atoms with E-state index in [-0.39, 0.29) is 30.1 Å². The van der Waals surface area contributed by atoms with Crippen LogP contribution in [0.4, 0.5) is 4.79 Å². The minimum absolute atomic E-state index is 0.0515. The van der Waals surface area contributed by atoms with Crippen LogP contribution in [0.1, 0.15) is 54.4 Å². The Morgan fingerprint density at radius 1 is 1.08 bits per heavy atom. The second-order valence-corrected chi connectivity index (χ2v) is 10.7. The third-order valence-electron chi connectivity index (χ3n) is 6.78. The third-order valence-corrected chi connectivity index (χ3v) is 7.83. The summed E-state index contributed by atoms with van der Waals surface area (Å²) in [5, 5.41) is 6.05. The standard InChI is InChI=1S/C29H34N4O5S/c1-20(34)33-17-9-12-22(18-33)27(36)31-24(26(35)28-32-23-13-5-6-15-25(23)39-28)14-7-8-16-30-29(37)38-19-21-10-3-2-4-11-21/h2-6,10-11,13,15,22,24H,7-9,12,14,16-19H2,1H3,(H,30,37)(H,31,36)/t22-,24?/m1/s1. The molecular weight excluding hydrogens is 516 g/mol. The van der Waals surface area contributed by atoms with E-state index in [0.29, 0.717) is 50.3 Å². The lowest BCUT2D eigenvalue weighted by atomic mass is 9.96. The normalized spacial score (nSPS) is 15.9. The van der Waals surface area contributed by atoms with E-state index in [1.165, 1.54) is 18.3 Å². The molecular formula is C29H34N4O5S. The Hall–Kier alpha value is -3.79. The summed E-state index contributed by atoms with van der Waals surface area (Å²) in [5.41, 5.74) is 1.66. The summed E-state index contributed by atoms with van der Waals surface area (Å²) in [6.45, 7) is 3.09. The molecule has 2 N–H and O–H groups in total. The molecule has 0 aliphatic carbocycles. The van der Waals surface area contributed by atoms with E-state index < -0.39 is 12.1 Å². The molecule has 2 atom stereocenters. The van der Waals surface area contributed by atoms with Gasteiger partial charge in [0.1, 0.15) is 6.61 Å². The minimum atomic E-state index is -0.740. The van der Waals surface area contributed by atoms with Crippen LogP contribution in [-0.4, -0.2) is 59.3 Å². The Kier molecular flexibility index (Phi) is 10.0. The Morgan fingerprint density at radius 2 is 1.85 bits per heavy atom. The van der Waals surface area contributed by atoms with Gasteiger partial charge in [0.25, 0.3) is 0 Å². The van der Waals surface area contributed by atoms with Crippen molar-refractivity contribution in [1.29, 1.82) is 0 Å². The van der Waals surface area contributed by atoms with Crippen molar-refractivity contribution in [1.82, 2.24) is 20.5 Å². The van der Waals surface area contributed by atoms with Crippen LogP contribution in [0, 0.1) is 5.92 Å². The Bertz CT molecular complexity index is 1260. The second kappa shape index (κ2) is 13.8. The molecule has 4 rings (SSSR count). The fourth-order valence-electron chi connectivity index (χ4n) is 4.60. The van der Waals surface area contributed by atoms with Crippen LogP contribution in [0.25, 0.3) is 10.2 Å². The van der Waals surface area contributed by atoms with Crippen LogP contribution < -0.4 is 10.6 Å². The van der Waals surface area contributed by atoms with Gasteiger partial charge in [-0.1, -0.05) is 42.5 Å². The van der Waals surface area contributed by atoms with Gasteiger partial charge in [0.2, 0.25) is 17.6 Å². The van der Waals surface area contributed by atoms with E-state index in [1.807, 2.05) is 54.6 Å². The van der Waals surface area contributed by atoms with E-state index in [2.05, 4.69) is 15.6 Å². The summed E-state index contributed by atoms with van der Waals surface area (Å²) in [4.78, 5) is 56.6. The van der Waals surface area contributed by atoms with Crippen LogP contribution >= 0.6 is 11.3 Å². The first-order valence-corrected chi connectivity index (χ1v) is 14.1. The number of aromatic nitrogens is 1. The lowest BCUT2D eigenvalue weighted by Gasteiger charge is -2.32. The van der Waals surface area contributed by atoms with Crippen molar-refractivity contribution < 1.29 is 23.9 Å². The number of thiazole rings is 1. The number of hydrogen-bond acceptors (Lipinski definition) is 7. The topological polar surface area (TPSA) is 118 Å². The van der Waals surface area contributed by atoms with Gasteiger partial charge in [-0.05, 0) is 49.8 Å². The fraction of sp³-hybridized carbons (Fsp3) is 0.414. The van der Waals surface area contributed by atoms with E-state index >= 15 is 0 Å². The maximum absolute atomic E-state index is 13.5. The average Bonchev–Trinajstić information content (AvgIpc) is 3.40. The van der Waals surface area contributed by atoms with Crippen molar-refractivity contribution in [3.8, 4) is 0 Å². The molecule has 1 aromatic heterocycles. The van der Waals surface area contributed by atoms with Gasteiger partial charge in [0.05, 0.1) is 22.2 Å². The molecule has 1 aliphatic heterocycles. The largest absolute Gasteiger partial charge is 0.445 e. The number of Topliss-reactive ketones (excluding diaryl/α,β-unsaturated/α-hetero) is 1. The van der Waals surface area contributed by atoms with Gasteiger partial charge >= 0.3 is 6.09 Å². The highest BCUT2D eigenvalue weighted by molar-refractivity contribution is 7.20. The molecule has 1 fully saturated rings. The number of carbonyl (C=O) groups excluding carboxylic acids is 4. The minimum Gasteiger partial charge on any atom is -0.445 e. The highest BCUT2D eigenvalue weighted by atomic mass is 32.1. The van der Waals surface area contributed by atoms with Crippen molar-refractivity contribution in [3.05, 3.63) is 65.2 Å². The molecule has 0 bridgehead atoms. The number of alkyl carbamates (subject to hydrolysis) is 1. The molecule has 3 amide bonds. The SMILES string of the molecule is CC(=O)N1CCC[C@@H](C(=O)NC(CCCCNC(=O)OCc2ccccc2)C(=O)c2nc3ccccc3s2)C1. The first-order valence-electron chi connectivity index (χ1n) is 13.3. The number of ether oxygens (including phenoxy) is 1. The number of amides is 3. The first-order chi connectivity index (χ1) is 18.9. The quantitative estimate of drug-likeness (QED) is 0.271. The van der Waals surface area contributed by atoms with Crippen molar-refractivity contribution in [2.45, 2.75) is 51.7 Å². The van der Waals surface area contributed by atoms with E-state index in [4.69, 9.17) is 4.74 Å². The number of unbranched alkanes of at least 4 members (excludes halogenated alkanes) is 1. The molecule has 0 spiro atoms. The lowest BCUT2D eigenvalue weighted by Crippen LogP contribution is -2.49. The maximum atomic E-state index is 13.5. The van der Waals surface area contributed by atoms with Crippen LogP contribution in [0.2, 0.25) is 0 Å². The molecule has 1 saturated heterocycles. The highest BCUT2D eigenvalue weighted by Crippen LogP contribution is 2.24. The number of rotatable bonds is 11. The number of para-hydroxylation sites is 1. The maximum Gasteiger partial charge on any atom is 0.407 e. The summed E-state index contributed by atoms with van der Waals surface area (Å²) in [5.74, 6) is -0.846. The number of nitrogens with one attached hydrogen (secondary N) is 2. The lowest BCUT2D eigenvalue weighted by molar-refractivity contribution is -0.134. The van der Waals surface area contributed by atoms with Crippen molar-refractivity contribution in [3.63, 3.8) is 0 Å². The van der Waals surface area contributed by atoms with Crippen LogP contribution in [0.3, 0.4) is 0 Å². The molecule has 0 radical (unpaired) electrons. The van der Waals surface area contributed by atoms with Gasteiger partial charge in [0.15, 0.2) is 5.01 Å². The number of nitrogens with zero attached hydrogens (tertiary/aromatic N) is 2. The van der Waals surface area contributed by atoms with Gasteiger partial charge < -0.3 is 20.3 Å². The van der Waals surface area contributed by atoms with Crippen molar-refractivity contribution in [2.75, 3.05) is 19.6 Å². The Labute approximate surface area is 231 Å². The number of carbonyl (C=O) groups is 4. The number of piperidine rings is 1. The summed E-state index contributed by atoms with van der Waals surface area (Å²) >= 11 is 1.31. The molecule has 9 nitrogen and oxygen atoms in total. The van der Waals surface area contributed by atoms with Gasteiger partial charge in [-0.2, -0.15) is 0 Å². The molecule has 1 aliphatic rings. The Balaban J connectivity index is 1.32. The predicted octanol–water partition coefficient (Wildman–Crippen LogP) is 4.32. The fourth-order valence-corrected chi connectivity index (χ4v) is 5.56. The molecule has 2 aromatic carbocycles. The molecule has 206 valence electrons. The number of ketones is 1. The number of hydrogen-bond donors (Lipinski definition) is 2. The van der Waals surface area contributed by atoms with Crippen molar-refractivity contribution >= 4 is 45.2 Å². The molecule has 3 aromatic rings. The van der Waals surface area contributed by atoms with Crippen molar-refractivity contribution in [2.24, 2.45) is 5.92 Å². The number of fused-ring (bicyclic) bond motifs is 1. The molecule has 10 heteroatoms.